The van der Waals surface area contributed by atoms with Gasteiger partial charge < -0.3 is 4.57 Å². The van der Waals surface area contributed by atoms with Crippen LogP contribution in [0.25, 0.3) is 23.1 Å². The number of fused-ring (bicyclic) bond motifs is 3. The van der Waals surface area contributed by atoms with Gasteiger partial charge in [-0.1, -0.05) is 50.4 Å². The van der Waals surface area contributed by atoms with Crippen LogP contribution in [-0.2, 0) is 0 Å². The molecule has 0 radical (unpaired) electrons. The van der Waals surface area contributed by atoms with Crippen molar-refractivity contribution in [1.29, 1.82) is 0 Å². The van der Waals surface area contributed by atoms with Crippen LogP contribution in [0.5, 0.6) is 0 Å². The fraction of sp³-hybridized carbons (Fsp3) is 0.368. The summed E-state index contributed by atoms with van der Waals surface area (Å²) in [5, 5.41) is 1.31. The number of para-hydroxylation sites is 1. The zero-order valence-electron chi connectivity index (χ0n) is 12.7. The van der Waals surface area contributed by atoms with Crippen LogP contribution in [0.3, 0.4) is 0 Å². The van der Waals surface area contributed by atoms with Gasteiger partial charge in [0.25, 0.3) is 0 Å². The number of hydrogen-bond donors (Lipinski definition) is 0. The highest BCUT2D eigenvalue weighted by atomic mass is 15.0. The Morgan fingerprint density at radius 2 is 1.80 bits per heavy atom. The second kappa shape index (κ2) is 4.56. The molecule has 1 aromatic carbocycles. The predicted octanol–water partition coefficient (Wildman–Crippen LogP) is 5.43. The van der Waals surface area contributed by atoms with Gasteiger partial charge in [-0.15, -0.1) is 0 Å². The van der Waals surface area contributed by atoms with Crippen molar-refractivity contribution in [3.05, 3.63) is 47.0 Å². The fourth-order valence-electron chi connectivity index (χ4n) is 3.28. The first-order chi connectivity index (χ1) is 9.47. The summed E-state index contributed by atoms with van der Waals surface area (Å²) >= 11 is 0. The molecule has 0 spiro atoms. The van der Waals surface area contributed by atoms with Crippen molar-refractivity contribution >= 4 is 23.1 Å². The van der Waals surface area contributed by atoms with Crippen LogP contribution >= 0.6 is 0 Å². The van der Waals surface area contributed by atoms with E-state index in [2.05, 4.69) is 80.1 Å². The molecule has 1 aliphatic rings. The van der Waals surface area contributed by atoms with Crippen LogP contribution in [0.15, 0.2) is 35.7 Å². The summed E-state index contributed by atoms with van der Waals surface area (Å²) in [5.74, 6) is 0. The third-order valence-corrected chi connectivity index (χ3v) is 3.85. The Morgan fingerprint density at radius 1 is 1.10 bits per heavy atom. The lowest BCUT2D eigenvalue weighted by Gasteiger charge is -2.26. The summed E-state index contributed by atoms with van der Waals surface area (Å²) < 4.78 is 2.46. The molecule has 0 amide bonds. The van der Waals surface area contributed by atoms with Crippen molar-refractivity contribution in [2.75, 3.05) is 0 Å². The lowest BCUT2D eigenvalue weighted by Crippen LogP contribution is -2.15. The molecule has 1 aromatic heterocycles. The molecule has 0 bridgehead atoms. The quantitative estimate of drug-likeness (QED) is 0.543. The average molecular weight is 263 g/mol. The Balaban J connectivity index is 2.21. The van der Waals surface area contributed by atoms with Crippen molar-refractivity contribution in [2.24, 2.45) is 5.41 Å². The molecule has 0 saturated carbocycles. The van der Waals surface area contributed by atoms with Gasteiger partial charge in [-0.3, -0.25) is 0 Å². The smallest absolute Gasteiger partial charge is 0.0585 e. The van der Waals surface area contributed by atoms with Crippen molar-refractivity contribution < 1.29 is 0 Å². The summed E-state index contributed by atoms with van der Waals surface area (Å²) in [5.41, 5.74) is 10.4. The number of benzene rings is 1. The third-order valence-electron chi connectivity index (χ3n) is 3.85. The standard InChI is InChI=1S/C19H21N/c1-14(13-19(2,3)4)20-17-11-7-5-9-15(17)16-10-6-8-12-18(16)20/h5,7,9-12,14H,13H2,1-4H3. The van der Waals surface area contributed by atoms with Crippen molar-refractivity contribution in [1.82, 2.24) is 4.57 Å². The van der Waals surface area contributed by atoms with Gasteiger partial charge in [0.2, 0.25) is 0 Å². The van der Waals surface area contributed by atoms with E-state index >= 15 is 0 Å². The van der Waals surface area contributed by atoms with Crippen LogP contribution in [0.1, 0.15) is 51.4 Å². The van der Waals surface area contributed by atoms with E-state index in [-0.39, 0.29) is 0 Å². The molecule has 0 saturated heterocycles. The second-order valence-electron chi connectivity index (χ2n) is 6.88. The third kappa shape index (κ3) is 2.16. The molecule has 1 atom stereocenters. The molecular weight excluding hydrogens is 242 g/mol. The highest BCUT2D eigenvalue weighted by Crippen LogP contribution is 2.36. The van der Waals surface area contributed by atoms with E-state index in [1.54, 1.807) is 0 Å². The molecule has 102 valence electrons. The minimum Gasteiger partial charge on any atom is -0.337 e. The monoisotopic (exact) mass is 263 g/mol. The lowest BCUT2D eigenvalue weighted by molar-refractivity contribution is 0.309. The van der Waals surface area contributed by atoms with Gasteiger partial charge in [-0.05, 0) is 30.9 Å². The summed E-state index contributed by atoms with van der Waals surface area (Å²) in [4.78, 5) is 0. The molecule has 1 unspecified atom stereocenters. The van der Waals surface area contributed by atoms with Gasteiger partial charge in [-0.2, -0.15) is 0 Å². The Labute approximate surface area is 120 Å². The minimum absolute atomic E-state index is 0.321. The molecule has 0 fully saturated rings. The summed E-state index contributed by atoms with van der Waals surface area (Å²) in [6, 6.07) is 9.11. The Hall–Kier alpha value is -1.94. The number of aromatic nitrogens is 1. The van der Waals surface area contributed by atoms with E-state index in [4.69, 9.17) is 0 Å². The van der Waals surface area contributed by atoms with Crippen LogP contribution in [0.2, 0.25) is 0 Å². The predicted molar refractivity (Wildman–Crippen MR) is 86.7 cm³/mol. The molecule has 3 rings (SSSR count). The van der Waals surface area contributed by atoms with Crippen LogP contribution in [0, 0.1) is 5.41 Å². The molecule has 1 aliphatic carbocycles. The number of nitrogens with zero attached hydrogens (tertiary/aromatic N) is 1. The summed E-state index contributed by atoms with van der Waals surface area (Å²) in [6.07, 6.45) is 5.27. The SMILES string of the molecule is CC(CC(C)(C)C)n1c2c(c3ccccc31)C=C=C=C2. The Bertz CT molecular complexity index is 755. The number of hydrogen-bond acceptors (Lipinski definition) is 0. The molecular formula is C19H21N. The zero-order valence-corrected chi connectivity index (χ0v) is 12.7. The first-order valence-corrected chi connectivity index (χ1v) is 7.28. The topological polar surface area (TPSA) is 4.93 Å². The van der Waals surface area contributed by atoms with Gasteiger partial charge in [0.1, 0.15) is 0 Å². The first-order valence-electron chi connectivity index (χ1n) is 7.28. The Kier molecular flexibility index (Phi) is 2.98. The summed E-state index contributed by atoms with van der Waals surface area (Å²) in [7, 11) is 0. The summed E-state index contributed by atoms with van der Waals surface area (Å²) in [6.45, 7) is 9.22. The lowest BCUT2D eigenvalue weighted by atomic mass is 9.88. The van der Waals surface area contributed by atoms with E-state index in [1.165, 1.54) is 22.2 Å². The zero-order chi connectivity index (χ0) is 14.3. The van der Waals surface area contributed by atoms with Crippen LogP contribution in [0.4, 0.5) is 0 Å². The molecule has 1 heteroatoms. The maximum Gasteiger partial charge on any atom is 0.0585 e. The molecule has 1 nitrogen and oxygen atoms in total. The van der Waals surface area contributed by atoms with Gasteiger partial charge in [-0.25, -0.2) is 0 Å². The van der Waals surface area contributed by atoms with Gasteiger partial charge in [0, 0.05) is 28.6 Å². The number of rotatable bonds is 2. The highest BCUT2D eigenvalue weighted by Gasteiger charge is 2.22. The molecule has 0 aliphatic heterocycles. The van der Waals surface area contributed by atoms with Crippen molar-refractivity contribution in [3.63, 3.8) is 0 Å². The van der Waals surface area contributed by atoms with Gasteiger partial charge in [0.15, 0.2) is 0 Å². The van der Waals surface area contributed by atoms with E-state index < -0.39 is 0 Å². The van der Waals surface area contributed by atoms with Gasteiger partial charge in [0.05, 0.1) is 5.69 Å². The van der Waals surface area contributed by atoms with E-state index in [9.17, 15) is 0 Å². The van der Waals surface area contributed by atoms with Crippen molar-refractivity contribution in [2.45, 2.75) is 40.2 Å². The van der Waals surface area contributed by atoms with Crippen LogP contribution in [-0.4, -0.2) is 4.57 Å². The highest BCUT2D eigenvalue weighted by molar-refractivity contribution is 5.94. The Morgan fingerprint density at radius 3 is 2.55 bits per heavy atom. The second-order valence-corrected chi connectivity index (χ2v) is 6.88. The minimum atomic E-state index is 0.321. The normalized spacial score (nSPS) is 14.8. The van der Waals surface area contributed by atoms with Crippen molar-refractivity contribution in [3.8, 4) is 0 Å². The molecule has 20 heavy (non-hydrogen) atoms. The van der Waals surface area contributed by atoms with E-state index in [1.807, 2.05) is 0 Å². The maximum absolute atomic E-state index is 3.11. The fourth-order valence-corrected chi connectivity index (χ4v) is 3.28. The average Bonchev–Trinajstić information content (AvgIpc) is 2.71. The van der Waals surface area contributed by atoms with E-state index in [0.717, 1.165) is 6.42 Å². The molecule has 2 aromatic rings. The van der Waals surface area contributed by atoms with E-state index in [0.29, 0.717) is 11.5 Å². The molecule has 0 N–H and O–H groups in total. The largest absolute Gasteiger partial charge is 0.337 e. The first kappa shape index (κ1) is 13.1. The molecule has 1 heterocycles. The van der Waals surface area contributed by atoms with Gasteiger partial charge >= 0.3 is 0 Å². The maximum atomic E-state index is 3.11. The van der Waals surface area contributed by atoms with Crippen LogP contribution < -0.4 is 0 Å².